The minimum atomic E-state index is -0.00787. The van der Waals surface area contributed by atoms with Crippen LogP contribution in [0.1, 0.15) is 0 Å². The van der Waals surface area contributed by atoms with Crippen molar-refractivity contribution in [3.8, 4) is 0 Å². The molecule has 0 bridgehead atoms. The lowest BCUT2D eigenvalue weighted by Crippen LogP contribution is -2.48. The van der Waals surface area contributed by atoms with Crippen LogP contribution in [0.3, 0.4) is 0 Å². The molecule has 1 aliphatic rings. The zero-order chi connectivity index (χ0) is 7.40. The van der Waals surface area contributed by atoms with Gasteiger partial charge in [0, 0.05) is 26.2 Å². The Morgan fingerprint density at radius 2 is 2.10 bits per heavy atom. The maximum atomic E-state index is 10.9. The van der Waals surface area contributed by atoms with Gasteiger partial charge in [-0.2, -0.15) is 0 Å². The number of nitrogens with one attached hydrogen (secondary N) is 2. The fourth-order valence-corrected chi connectivity index (χ4v) is 1.14. The summed E-state index contributed by atoms with van der Waals surface area (Å²) in [5, 5.41) is 5.68. The average Bonchev–Trinajstić information content (AvgIpc) is 2.05. The van der Waals surface area contributed by atoms with Crippen LogP contribution in [0.4, 0.5) is 4.79 Å². The van der Waals surface area contributed by atoms with E-state index in [4.69, 9.17) is 0 Å². The zero-order valence-corrected chi connectivity index (χ0v) is 6.92. The molecule has 2 N–H and O–H groups in total. The first-order valence-electron chi connectivity index (χ1n) is 3.31. The lowest BCUT2D eigenvalue weighted by molar-refractivity contribution is 0.196. The number of nitrogens with zero attached hydrogens (tertiary/aromatic N) is 1. The van der Waals surface area contributed by atoms with Gasteiger partial charge < -0.3 is 15.3 Å². The second-order valence-electron chi connectivity index (χ2n) is 2.19. The molecule has 1 saturated heterocycles. The molecule has 2 amide bonds. The predicted molar refractivity (Wildman–Crippen MR) is 42.7 cm³/mol. The van der Waals surface area contributed by atoms with Crippen LogP contribution in [0.2, 0.25) is 0 Å². The van der Waals surface area contributed by atoms with Crippen LogP contribution in [-0.4, -0.2) is 37.1 Å². The molecular weight excluding hydrogens is 149 g/mol. The number of carbonyl (C=O) groups excluding carboxylic acids is 1. The summed E-state index contributed by atoms with van der Waals surface area (Å²) in [6.45, 7) is 3.41. The molecule has 5 heteroatoms. The Morgan fingerprint density at radius 1 is 1.50 bits per heavy atom. The van der Waals surface area contributed by atoms with Crippen LogP contribution in [0.25, 0.3) is 0 Å². The van der Waals surface area contributed by atoms with Gasteiger partial charge in [-0.15, -0.1) is 0 Å². The molecule has 0 aromatic heterocycles. The standard InChI is InChI=1S/C5H12N3OP/c9-5(7-10)8-3-1-6-2-4-8/h6H,1-4,10H2,(H,7,9). The molecule has 0 aliphatic carbocycles. The second kappa shape index (κ2) is 3.74. The van der Waals surface area contributed by atoms with Gasteiger partial charge in [0.1, 0.15) is 0 Å². The maximum Gasteiger partial charge on any atom is 0.320 e. The molecule has 1 unspecified atom stereocenters. The zero-order valence-electron chi connectivity index (χ0n) is 5.76. The fourth-order valence-electron chi connectivity index (χ4n) is 0.959. The van der Waals surface area contributed by atoms with Gasteiger partial charge in [0.25, 0.3) is 0 Å². The van der Waals surface area contributed by atoms with E-state index in [1.54, 1.807) is 4.90 Å². The molecular formula is C5H12N3OP. The molecule has 1 heterocycles. The van der Waals surface area contributed by atoms with Crippen molar-refractivity contribution >= 4 is 15.4 Å². The highest BCUT2D eigenvalue weighted by Crippen LogP contribution is 1.92. The largest absolute Gasteiger partial charge is 0.323 e. The van der Waals surface area contributed by atoms with Crippen molar-refractivity contribution in [3.05, 3.63) is 0 Å². The van der Waals surface area contributed by atoms with E-state index in [2.05, 4.69) is 19.8 Å². The first-order chi connectivity index (χ1) is 4.84. The smallest absolute Gasteiger partial charge is 0.320 e. The number of rotatable bonds is 0. The normalized spacial score (nSPS) is 18.7. The van der Waals surface area contributed by atoms with E-state index in [1.807, 2.05) is 0 Å². The van der Waals surface area contributed by atoms with Crippen LogP contribution >= 0.6 is 9.39 Å². The van der Waals surface area contributed by atoms with Crippen molar-refractivity contribution in [2.24, 2.45) is 0 Å². The first kappa shape index (κ1) is 7.76. The summed E-state index contributed by atoms with van der Waals surface area (Å²) in [4.78, 5) is 12.7. The fraction of sp³-hybridized carbons (Fsp3) is 0.800. The van der Waals surface area contributed by atoms with Gasteiger partial charge in [0.2, 0.25) is 0 Å². The Morgan fingerprint density at radius 3 is 2.60 bits per heavy atom. The Bertz CT molecular complexity index is 124. The van der Waals surface area contributed by atoms with Gasteiger partial charge in [-0.3, -0.25) is 0 Å². The highest BCUT2D eigenvalue weighted by molar-refractivity contribution is 7.15. The van der Waals surface area contributed by atoms with Crippen LogP contribution in [0, 0.1) is 0 Å². The van der Waals surface area contributed by atoms with Gasteiger partial charge in [-0.25, -0.2) is 4.79 Å². The highest BCUT2D eigenvalue weighted by atomic mass is 31.0. The Hall–Kier alpha value is -0.340. The van der Waals surface area contributed by atoms with Gasteiger partial charge in [0.05, 0.1) is 0 Å². The maximum absolute atomic E-state index is 10.9. The van der Waals surface area contributed by atoms with Crippen molar-refractivity contribution in [1.82, 2.24) is 15.3 Å². The SMILES string of the molecule is O=C(NP)N1CCNCC1. The summed E-state index contributed by atoms with van der Waals surface area (Å²) >= 11 is 0. The third-order valence-corrected chi connectivity index (χ3v) is 1.77. The van der Waals surface area contributed by atoms with Crippen LogP contribution in [0.5, 0.6) is 0 Å². The second-order valence-corrected chi connectivity index (χ2v) is 2.48. The molecule has 58 valence electrons. The molecule has 1 rings (SSSR count). The quantitative estimate of drug-likeness (QED) is 0.465. The minimum absolute atomic E-state index is 0.00787. The summed E-state index contributed by atoms with van der Waals surface area (Å²) in [6, 6.07) is -0.00787. The number of hydrogen-bond donors (Lipinski definition) is 2. The molecule has 1 aliphatic heterocycles. The monoisotopic (exact) mass is 161 g/mol. The lowest BCUT2D eigenvalue weighted by atomic mass is 10.4. The van der Waals surface area contributed by atoms with Crippen molar-refractivity contribution in [3.63, 3.8) is 0 Å². The Labute approximate surface area is 62.6 Å². The van der Waals surface area contributed by atoms with E-state index in [0.717, 1.165) is 26.2 Å². The molecule has 4 nitrogen and oxygen atoms in total. The van der Waals surface area contributed by atoms with Crippen LogP contribution < -0.4 is 10.4 Å². The van der Waals surface area contributed by atoms with E-state index < -0.39 is 0 Å². The molecule has 0 aromatic rings. The molecule has 1 atom stereocenters. The van der Waals surface area contributed by atoms with Crippen LogP contribution in [0.15, 0.2) is 0 Å². The number of carbonyl (C=O) groups is 1. The number of piperazine rings is 1. The molecule has 0 aromatic carbocycles. The predicted octanol–water partition coefficient (Wildman–Crippen LogP) is -0.609. The van der Waals surface area contributed by atoms with Gasteiger partial charge >= 0.3 is 6.03 Å². The third-order valence-electron chi connectivity index (χ3n) is 1.53. The van der Waals surface area contributed by atoms with Crippen molar-refractivity contribution < 1.29 is 4.79 Å². The summed E-state index contributed by atoms with van der Waals surface area (Å²) in [6.07, 6.45) is 0. The number of hydrogen-bond acceptors (Lipinski definition) is 2. The first-order valence-corrected chi connectivity index (χ1v) is 3.88. The van der Waals surface area contributed by atoms with Crippen molar-refractivity contribution in [2.45, 2.75) is 0 Å². The summed E-state index contributed by atoms with van der Waals surface area (Å²) in [7, 11) is 2.20. The van der Waals surface area contributed by atoms with E-state index in [0.29, 0.717) is 0 Å². The molecule has 0 spiro atoms. The van der Waals surface area contributed by atoms with E-state index in [-0.39, 0.29) is 6.03 Å². The van der Waals surface area contributed by atoms with Crippen molar-refractivity contribution in [1.29, 1.82) is 0 Å². The number of amides is 2. The Balaban J connectivity index is 2.31. The number of urea groups is 1. The lowest BCUT2D eigenvalue weighted by Gasteiger charge is -2.26. The Kier molecular flexibility index (Phi) is 2.90. The minimum Gasteiger partial charge on any atom is -0.323 e. The van der Waals surface area contributed by atoms with Gasteiger partial charge in [-0.1, -0.05) is 0 Å². The summed E-state index contributed by atoms with van der Waals surface area (Å²) < 4.78 is 0. The van der Waals surface area contributed by atoms with Crippen LogP contribution in [-0.2, 0) is 0 Å². The highest BCUT2D eigenvalue weighted by Gasteiger charge is 2.13. The van der Waals surface area contributed by atoms with E-state index >= 15 is 0 Å². The third kappa shape index (κ3) is 1.82. The average molecular weight is 161 g/mol. The van der Waals surface area contributed by atoms with E-state index in [1.165, 1.54) is 0 Å². The van der Waals surface area contributed by atoms with Gasteiger partial charge in [0.15, 0.2) is 0 Å². The topological polar surface area (TPSA) is 44.4 Å². The summed E-state index contributed by atoms with van der Waals surface area (Å²) in [5.41, 5.74) is 0. The van der Waals surface area contributed by atoms with Crippen molar-refractivity contribution in [2.75, 3.05) is 26.2 Å². The molecule has 10 heavy (non-hydrogen) atoms. The van der Waals surface area contributed by atoms with Gasteiger partial charge in [-0.05, 0) is 9.39 Å². The molecule has 0 radical (unpaired) electrons. The summed E-state index contributed by atoms with van der Waals surface area (Å²) in [5.74, 6) is 0. The molecule has 1 fully saturated rings. The molecule has 0 saturated carbocycles. The van der Waals surface area contributed by atoms with E-state index in [9.17, 15) is 4.79 Å².